The first-order valence-corrected chi connectivity index (χ1v) is 10.5. The van der Waals surface area contributed by atoms with Crippen molar-refractivity contribution in [3.05, 3.63) is 77.1 Å². The minimum absolute atomic E-state index is 0.0936. The van der Waals surface area contributed by atoms with Gasteiger partial charge in [-0.3, -0.25) is 4.79 Å². The molecule has 0 atom stereocenters. The summed E-state index contributed by atoms with van der Waals surface area (Å²) in [6.45, 7) is 0. The lowest BCUT2D eigenvalue weighted by Gasteiger charge is -2.11. The number of nitrogens with one attached hydrogen (secondary N) is 1. The van der Waals surface area contributed by atoms with E-state index in [0.29, 0.717) is 20.8 Å². The van der Waals surface area contributed by atoms with Gasteiger partial charge in [-0.1, -0.05) is 35.9 Å². The van der Waals surface area contributed by atoms with Crippen LogP contribution in [0.15, 0.2) is 65.6 Å². The Morgan fingerprint density at radius 2 is 1.81 bits per heavy atom. The quantitative estimate of drug-likeness (QED) is 0.375. The zero-order valence-electron chi connectivity index (χ0n) is 15.9. The molecular formula is C21H14ClF3N4OS. The lowest BCUT2D eigenvalue weighted by Crippen LogP contribution is -2.16. The molecule has 0 aliphatic rings. The molecule has 2 aromatic heterocycles. The molecule has 158 valence electrons. The highest BCUT2D eigenvalue weighted by Gasteiger charge is 2.35. The van der Waals surface area contributed by atoms with Crippen LogP contribution in [0.2, 0.25) is 5.02 Å². The van der Waals surface area contributed by atoms with Gasteiger partial charge in [-0.15, -0.1) is 11.8 Å². The molecule has 0 unspecified atom stereocenters. The Balaban J connectivity index is 1.78. The van der Waals surface area contributed by atoms with Gasteiger partial charge in [0.2, 0.25) is 0 Å². The molecule has 10 heteroatoms. The summed E-state index contributed by atoms with van der Waals surface area (Å²) in [5, 5.41) is 7.02. The maximum atomic E-state index is 13.7. The van der Waals surface area contributed by atoms with Gasteiger partial charge in [-0.2, -0.15) is 18.3 Å². The predicted molar refractivity (Wildman–Crippen MR) is 115 cm³/mol. The van der Waals surface area contributed by atoms with Crippen LogP contribution in [0.5, 0.6) is 0 Å². The first-order chi connectivity index (χ1) is 14.8. The molecule has 4 rings (SSSR count). The first-order valence-electron chi connectivity index (χ1n) is 8.94. The highest BCUT2D eigenvalue weighted by Crippen LogP contribution is 2.33. The number of benzene rings is 2. The van der Waals surface area contributed by atoms with Crippen molar-refractivity contribution in [2.24, 2.45) is 0 Å². The van der Waals surface area contributed by atoms with E-state index in [9.17, 15) is 18.0 Å². The molecule has 0 radical (unpaired) electrons. The second-order valence-electron chi connectivity index (χ2n) is 6.49. The average Bonchev–Trinajstić information content (AvgIpc) is 3.17. The fourth-order valence-corrected chi connectivity index (χ4v) is 3.67. The number of amides is 1. The van der Waals surface area contributed by atoms with Crippen molar-refractivity contribution in [3.8, 4) is 11.3 Å². The number of para-hydroxylation sites is 1. The van der Waals surface area contributed by atoms with Crippen LogP contribution in [-0.4, -0.2) is 26.8 Å². The van der Waals surface area contributed by atoms with Crippen LogP contribution in [0.1, 0.15) is 16.2 Å². The largest absolute Gasteiger partial charge is 0.433 e. The zero-order chi connectivity index (χ0) is 22.2. The highest BCUT2D eigenvalue weighted by atomic mass is 35.5. The predicted octanol–water partition coefficient (Wildman–Crippen LogP) is 6.04. The zero-order valence-corrected chi connectivity index (χ0v) is 17.5. The SMILES string of the molecule is CSc1ccccc1NC(=O)c1cc2nc(-c3ccc(Cl)cc3)cc(C(F)(F)F)n2n1. The second-order valence-corrected chi connectivity index (χ2v) is 7.77. The molecule has 0 bridgehead atoms. The van der Waals surface area contributed by atoms with E-state index in [-0.39, 0.29) is 17.0 Å². The molecule has 4 aromatic rings. The first kappa shape index (κ1) is 21.2. The average molecular weight is 463 g/mol. The molecule has 0 saturated heterocycles. The van der Waals surface area contributed by atoms with Crippen molar-refractivity contribution in [3.63, 3.8) is 0 Å². The third-order valence-electron chi connectivity index (χ3n) is 4.45. The van der Waals surface area contributed by atoms with E-state index in [1.54, 1.807) is 36.4 Å². The minimum atomic E-state index is -4.70. The van der Waals surface area contributed by atoms with Gasteiger partial charge in [0.15, 0.2) is 17.0 Å². The fraction of sp³-hybridized carbons (Fsp3) is 0.0952. The highest BCUT2D eigenvalue weighted by molar-refractivity contribution is 7.98. The number of fused-ring (bicyclic) bond motifs is 1. The number of halogens is 4. The molecule has 31 heavy (non-hydrogen) atoms. The van der Waals surface area contributed by atoms with Crippen molar-refractivity contribution in [2.75, 3.05) is 11.6 Å². The van der Waals surface area contributed by atoms with Crippen LogP contribution in [0.25, 0.3) is 16.9 Å². The Morgan fingerprint density at radius 3 is 2.48 bits per heavy atom. The Labute approximate surface area is 184 Å². The molecule has 0 aliphatic carbocycles. The van der Waals surface area contributed by atoms with E-state index in [4.69, 9.17) is 11.6 Å². The lowest BCUT2D eigenvalue weighted by atomic mass is 10.1. The summed E-state index contributed by atoms with van der Waals surface area (Å²) in [7, 11) is 0. The third-order valence-corrected chi connectivity index (χ3v) is 5.49. The smallest absolute Gasteiger partial charge is 0.320 e. The van der Waals surface area contributed by atoms with Crippen molar-refractivity contribution < 1.29 is 18.0 Å². The molecule has 1 N–H and O–H groups in total. The van der Waals surface area contributed by atoms with Crippen molar-refractivity contribution >= 4 is 40.6 Å². The maximum Gasteiger partial charge on any atom is 0.433 e. The van der Waals surface area contributed by atoms with E-state index >= 15 is 0 Å². The summed E-state index contributed by atoms with van der Waals surface area (Å²) in [4.78, 5) is 17.8. The van der Waals surface area contributed by atoms with Gasteiger partial charge >= 0.3 is 6.18 Å². The molecule has 0 spiro atoms. The minimum Gasteiger partial charge on any atom is -0.320 e. The Kier molecular flexibility index (Phi) is 5.63. The Bertz CT molecular complexity index is 1270. The monoisotopic (exact) mass is 462 g/mol. The summed E-state index contributed by atoms with van der Waals surface area (Å²) in [6, 6.07) is 15.5. The van der Waals surface area contributed by atoms with Gasteiger partial charge in [-0.25, -0.2) is 9.50 Å². The van der Waals surface area contributed by atoms with Gasteiger partial charge < -0.3 is 5.32 Å². The molecule has 2 heterocycles. The van der Waals surface area contributed by atoms with E-state index in [0.717, 1.165) is 11.0 Å². The Hall–Kier alpha value is -3.04. The van der Waals surface area contributed by atoms with Crippen LogP contribution in [0.3, 0.4) is 0 Å². The molecule has 0 aliphatic heterocycles. The summed E-state index contributed by atoms with van der Waals surface area (Å²) in [6.07, 6.45) is -2.85. The Morgan fingerprint density at radius 1 is 1.10 bits per heavy atom. The summed E-state index contributed by atoms with van der Waals surface area (Å²) < 4.78 is 41.8. The second kappa shape index (κ2) is 8.24. The number of hydrogen-bond donors (Lipinski definition) is 1. The number of nitrogens with zero attached hydrogens (tertiary/aromatic N) is 3. The maximum absolute atomic E-state index is 13.7. The standard InChI is InChI=1S/C21H14ClF3N4OS/c1-31-17-5-3-2-4-14(17)27-20(30)16-11-19-26-15(12-6-8-13(22)9-7-12)10-18(21(23,24)25)29(19)28-16/h2-11H,1H3,(H,27,30). The topological polar surface area (TPSA) is 59.3 Å². The molecule has 1 amide bonds. The van der Waals surface area contributed by atoms with Crippen molar-refractivity contribution in [1.82, 2.24) is 14.6 Å². The van der Waals surface area contributed by atoms with Crippen LogP contribution < -0.4 is 5.32 Å². The number of carbonyl (C=O) groups is 1. The van der Waals surface area contributed by atoms with E-state index in [1.165, 1.54) is 17.8 Å². The van der Waals surface area contributed by atoms with E-state index < -0.39 is 17.8 Å². The van der Waals surface area contributed by atoms with E-state index in [1.807, 2.05) is 18.4 Å². The summed E-state index contributed by atoms with van der Waals surface area (Å²) in [5.41, 5.74) is -0.214. The van der Waals surface area contributed by atoms with Gasteiger partial charge in [0.05, 0.1) is 11.4 Å². The van der Waals surface area contributed by atoms with Crippen molar-refractivity contribution in [2.45, 2.75) is 11.1 Å². The molecule has 5 nitrogen and oxygen atoms in total. The van der Waals surface area contributed by atoms with E-state index in [2.05, 4.69) is 15.4 Å². The third kappa shape index (κ3) is 4.38. The number of rotatable bonds is 4. The van der Waals surface area contributed by atoms with Crippen molar-refractivity contribution in [1.29, 1.82) is 0 Å². The number of aromatic nitrogens is 3. The van der Waals surface area contributed by atoms with Crippen LogP contribution in [0.4, 0.5) is 18.9 Å². The number of anilines is 1. The normalized spacial score (nSPS) is 11.6. The summed E-state index contributed by atoms with van der Waals surface area (Å²) in [5.74, 6) is -0.631. The number of thioether (sulfide) groups is 1. The molecule has 0 fully saturated rings. The number of carbonyl (C=O) groups excluding carboxylic acids is 1. The van der Waals surface area contributed by atoms with Gasteiger partial charge in [0.1, 0.15) is 0 Å². The van der Waals surface area contributed by atoms with Gasteiger partial charge in [-0.05, 0) is 36.6 Å². The van der Waals surface area contributed by atoms with Crippen LogP contribution in [-0.2, 0) is 6.18 Å². The molecular weight excluding hydrogens is 449 g/mol. The fourth-order valence-electron chi connectivity index (χ4n) is 2.99. The number of alkyl halides is 3. The molecule has 0 saturated carbocycles. The summed E-state index contributed by atoms with van der Waals surface area (Å²) >= 11 is 7.30. The van der Waals surface area contributed by atoms with Gasteiger partial charge in [0.25, 0.3) is 5.91 Å². The lowest BCUT2D eigenvalue weighted by molar-refractivity contribution is -0.142. The van der Waals surface area contributed by atoms with Crippen LogP contribution in [0, 0.1) is 0 Å². The molecule has 2 aromatic carbocycles. The van der Waals surface area contributed by atoms with Gasteiger partial charge in [0, 0.05) is 21.5 Å². The van der Waals surface area contributed by atoms with Crippen LogP contribution >= 0.6 is 23.4 Å². The number of hydrogen-bond acceptors (Lipinski definition) is 4.